The van der Waals surface area contributed by atoms with Gasteiger partial charge in [-0.05, 0) is 48.0 Å². The predicted molar refractivity (Wildman–Crippen MR) is 143 cm³/mol. The predicted octanol–water partition coefficient (Wildman–Crippen LogP) is 4.16. The molecule has 2 aromatic carbocycles. The molecule has 0 radical (unpaired) electrons. The highest BCUT2D eigenvalue weighted by atomic mass is 35.5. The largest absolute Gasteiger partial charge is 0.368 e. The van der Waals surface area contributed by atoms with Crippen LogP contribution in [0.25, 0.3) is 0 Å². The Morgan fingerprint density at radius 1 is 1.06 bits per heavy atom. The number of hydrogen-bond donors (Lipinski definition) is 2. The van der Waals surface area contributed by atoms with Crippen molar-refractivity contribution in [3.8, 4) is 0 Å². The van der Waals surface area contributed by atoms with Crippen LogP contribution in [-0.2, 0) is 16.4 Å². The molecular weight excluding hydrogens is 498 g/mol. The molecule has 0 aliphatic carbocycles. The number of benzene rings is 2. The van der Waals surface area contributed by atoms with Crippen molar-refractivity contribution < 1.29 is 13.2 Å². The second-order valence-electron chi connectivity index (χ2n) is 8.34. The summed E-state index contributed by atoms with van der Waals surface area (Å²) < 4.78 is 26.8. The summed E-state index contributed by atoms with van der Waals surface area (Å²) in [5.74, 6) is 0. The molecule has 1 unspecified atom stereocenters. The number of sulfone groups is 1. The van der Waals surface area contributed by atoms with Crippen molar-refractivity contribution in [1.82, 2.24) is 15.2 Å². The number of nitrogens with one attached hydrogen (secondary N) is 2. The van der Waals surface area contributed by atoms with Gasteiger partial charge < -0.3 is 15.5 Å². The van der Waals surface area contributed by atoms with Crippen molar-refractivity contribution in [2.45, 2.75) is 16.8 Å². The van der Waals surface area contributed by atoms with E-state index in [1.165, 1.54) is 18.2 Å². The zero-order valence-electron chi connectivity index (χ0n) is 19.7. The van der Waals surface area contributed by atoms with E-state index in [0.717, 1.165) is 11.3 Å². The molecular formula is C26H28ClN5O3S. The topological polar surface area (TPSA) is 94.6 Å². The molecule has 36 heavy (non-hydrogen) atoms. The van der Waals surface area contributed by atoms with Crippen molar-refractivity contribution in [2.75, 3.05) is 36.4 Å². The molecule has 188 valence electrons. The minimum Gasteiger partial charge on any atom is -0.368 e. The lowest BCUT2D eigenvalue weighted by Crippen LogP contribution is -2.52. The normalized spacial score (nSPS) is 15.2. The fourth-order valence-corrected chi connectivity index (χ4v) is 6.03. The number of urea groups is 1. The number of anilines is 2. The van der Waals surface area contributed by atoms with Crippen molar-refractivity contribution in [1.29, 1.82) is 0 Å². The molecule has 0 saturated carbocycles. The molecule has 2 heterocycles. The third kappa shape index (κ3) is 6.04. The van der Waals surface area contributed by atoms with E-state index in [9.17, 15) is 13.2 Å². The van der Waals surface area contributed by atoms with Gasteiger partial charge in [0.1, 0.15) is 5.37 Å². The molecule has 4 rings (SSSR count). The summed E-state index contributed by atoms with van der Waals surface area (Å²) in [4.78, 5) is 20.4. The Labute approximate surface area is 216 Å². The molecule has 1 saturated heterocycles. The van der Waals surface area contributed by atoms with Gasteiger partial charge in [0.05, 0.1) is 15.6 Å². The maximum atomic E-state index is 13.4. The number of piperazine rings is 1. The second-order valence-corrected chi connectivity index (χ2v) is 10.8. The zero-order chi connectivity index (χ0) is 25.5. The Morgan fingerprint density at radius 3 is 2.42 bits per heavy atom. The number of pyridine rings is 1. The number of carbonyl (C=O) groups is 1. The Bertz CT molecular complexity index is 1290. The van der Waals surface area contributed by atoms with Crippen LogP contribution in [0.4, 0.5) is 16.2 Å². The zero-order valence-corrected chi connectivity index (χ0v) is 21.3. The van der Waals surface area contributed by atoms with E-state index in [1.54, 1.807) is 30.6 Å². The summed E-state index contributed by atoms with van der Waals surface area (Å²) in [6, 6.07) is 17.1. The van der Waals surface area contributed by atoms with Crippen LogP contribution in [0, 0.1) is 0 Å². The lowest BCUT2D eigenvalue weighted by molar-refractivity contribution is 0.251. The van der Waals surface area contributed by atoms with Crippen LogP contribution in [0.1, 0.15) is 5.56 Å². The van der Waals surface area contributed by atoms with E-state index in [2.05, 4.69) is 27.1 Å². The molecule has 1 aliphatic rings. The van der Waals surface area contributed by atoms with Crippen LogP contribution >= 0.6 is 11.6 Å². The Hall–Kier alpha value is -3.40. The van der Waals surface area contributed by atoms with Gasteiger partial charge >= 0.3 is 6.03 Å². The van der Waals surface area contributed by atoms with Crippen LogP contribution in [0.5, 0.6) is 0 Å². The Balaban J connectivity index is 1.36. The Kier molecular flexibility index (Phi) is 8.25. The number of amides is 2. The number of hydrogen-bond acceptors (Lipinski definition) is 6. The number of para-hydroxylation sites is 1. The molecule has 1 atom stereocenters. The van der Waals surface area contributed by atoms with Gasteiger partial charge in [-0.25, -0.2) is 13.2 Å². The van der Waals surface area contributed by atoms with Crippen molar-refractivity contribution in [3.63, 3.8) is 0 Å². The van der Waals surface area contributed by atoms with Gasteiger partial charge in [0, 0.05) is 50.8 Å². The number of carbonyl (C=O) groups excluding carboxylic acids is 1. The molecule has 8 nitrogen and oxygen atoms in total. The van der Waals surface area contributed by atoms with E-state index in [-0.39, 0.29) is 4.90 Å². The summed E-state index contributed by atoms with van der Waals surface area (Å²) in [7, 11) is -3.70. The highest BCUT2D eigenvalue weighted by Gasteiger charge is 2.33. The van der Waals surface area contributed by atoms with Gasteiger partial charge in [0.2, 0.25) is 0 Å². The highest BCUT2D eigenvalue weighted by Crippen LogP contribution is 2.28. The first kappa shape index (κ1) is 25.7. The maximum absolute atomic E-state index is 13.4. The fraction of sp³-hybridized carbons (Fsp3) is 0.231. The van der Waals surface area contributed by atoms with Gasteiger partial charge in [0.25, 0.3) is 0 Å². The first-order chi connectivity index (χ1) is 17.4. The Morgan fingerprint density at radius 2 is 1.78 bits per heavy atom. The van der Waals surface area contributed by atoms with Crippen molar-refractivity contribution >= 4 is 38.8 Å². The van der Waals surface area contributed by atoms with E-state index >= 15 is 0 Å². The second kappa shape index (κ2) is 11.6. The number of halogens is 1. The SMILES string of the molecule is C=CC(N1CCN(c2ccccc2Cl)CC1)S(=O)(=O)c1ccc(NC(=O)NCc2cccnc2)cc1. The third-order valence-electron chi connectivity index (χ3n) is 6.00. The van der Waals surface area contributed by atoms with E-state index in [0.29, 0.717) is 43.4 Å². The van der Waals surface area contributed by atoms with Gasteiger partial charge in [-0.3, -0.25) is 9.88 Å². The summed E-state index contributed by atoms with van der Waals surface area (Å²) in [5.41, 5.74) is 2.31. The highest BCUT2D eigenvalue weighted by molar-refractivity contribution is 7.92. The van der Waals surface area contributed by atoms with Gasteiger partial charge in [-0.1, -0.05) is 35.9 Å². The van der Waals surface area contributed by atoms with Crippen LogP contribution in [-0.4, -0.2) is 55.9 Å². The standard InChI is InChI=1S/C26H28ClN5O3S/c1-2-25(32-16-14-31(15-17-32)24-8-4-3-7-23(24)27)36(34,35)22-11-9-21(10-12-22)30-26(33)29-19-20-6-5-13-28-18-20/h2-13,18,25H,1,14-17,19H2,(H2,29,30,33). The summed E-state index contributed by atoms with van der Waals surface area (Å²) in [5, 5.41) is 5.28. The molecule has 1 aliphatic heterocycles. The first-order valence-electron chi connectivity index (χ1n) is 11.5. The van der Waals surface area contributed by atoms with Crippen LogP contribution in [0.3, 0.4) is 0 Å². The minimum absolute atomic E-state index is 0.169. The summed E-state index contributed by atoms with van der Waals surface area (Å²) in [6.07, 6.45) is 4.81. The maximum Gasteiger partial charge on any atom is 0.319 e. The van der Waals surface area contributed by atoms with Crippen LogP contribution in [0.2, 0.25) is 5.02 Å². The lowest BCUT2D eigenvalue weighted by atomic mass is 10.2. The number of nitrogens with zero attached hydrogens (tertiary/aromatic N) is 3. The summed E-state index contributed by atoms with van der Waals surface area (Å²) in [6.45, 7) is 6.54. The fourth-order valence-electron chi connectivity index (χ4n) is 4.13. The first-order valence-corrected chi connectivity index (χ1v) is 13.4. The van der Waals surface area contributed by atoms with E-state index < -0.39 is 21.2 Å². The van der Waals surface area contributed by atoms with E-state index in [1.807, 2.05) is 35.2 Å². The van der Waals surface area contributed by atoms with Gasteiger partial charge in [-0.15, -0.1) is 6.58 Å². The third-order valence-corrected chi connectivity index (χ3v) is 8.38. The van der Waals surface area contributed by atoms with Gasteiger partial charge in [0.15, 0.2) is 9.84 Å². The number of rotatable bonds is 8. The molecule has 0 bridgehead atoms. The molecule has 3 aromatic rings. The molecule has 10 heteroatoms. The van der Waals surface area contributed by atoms with Crippen molar-refractivity contribution in [3.05, 3.63) is 96.3 Å². The summed E-state index contributed by atoms with van der Waals surface area (Å²) >= 11 is 6.33. The average molecular weight is 526 g/mol. The number of aromatic nitrogens is 1. The monoisotopic (exact) mass is 525 g/mol. The lowest BCUT2D eigenvalue weighted by Gasteiger charge is -2.39. The molecule has 1 aromatic heterocycles. The average Bonchev–Trinajstić information content (AvgIpc) is 2.89. The van der Waals surface area contributed by atoms with Gasteiger partial charge in [-0.2, -0.15) is 0 Å². The van der Waals surface area contributed by atoms with Crippen molar-refractivity contribution in [2.24, 2.45) is 0 Å². The van der Waals surface area contributed by atoms with E-state index in [4.69, 9.17) is 11.6 Å². The smallest absolute Gasteiger partial charge is 0.319 e. The van der Waals surface area contributed by atoms with Crippen LogP contribution < -0.4 is 15.5 Å². The molecule has 1 fully saturated rings. The molecule has 2 N–H and O–H groups in total. The quantitative estimate of drug-likeness (QED) is 0.429. The molecule has 0 spiro atoms. The molecule has 2 amide bonds. The minimum atomic E-state index is -3.70. The van der Waals surface area contributed by atoms with Crippen LogP contribution in [0.15, 0.2) is 90.6 Å².